The molecule has 13 heavy (non-hydrogen) atoms. The quantitative estimate of drug-likeness (QED) is 0.320. The number of aryl methyl sites for hydroxylation is 1. The molecule has 5 nitrogen and oxygen atoms in total. The maximum absolute atomic E-state index is 10.4. The van der Waals surface area contributed by atoms with E-state index in [1.54, 1.807) is 13.0 Å². The first-order chi connectivity index (χ1) is 6.15. The van der Waals surface area contributed by atoms with Crippen LogP contribution in [0, 0.1) is 17.0 Å². The Morgan fingerprint density at radius 3 is 2.77 bits per heavy atom. The fourth-order valence-corrected chi connectivity index (χ4v) is 0.999. The molecule has 0 bridgehead atoms. The molecule has 1 rings (SSSR count). The molecule has 0 aliphatic rings. The molecule has 0 amide bonds. The van der Waals surface area contributed by atoms with E-state index >= 15 is 0 Å². The second-order valence-electron chi connectivity index (χ2n) is 2.58. The lowest BCUT2D eigenvalue weighted by atomic mass is 10.1. The minimum atomic E-state index is -0.434. The van der Waals surface area contributed by atoms with Crippen molar-refractivity contribution in [1.82, 2.24) is 0 Å². The van der Waals surface area contributed by atoms with E-state index in [9.17, 15) is 10.1 Å². The smallest absolute Gasteiger partial charge is 0.269 e. The summed E-state index contributed by atoms with van der Waals surface area (Å²) < 4.78 is 0. The minimum Gasteiger partial charge on any atom is -0.323 e. The molecule has 0 radical (unpaired) electrons. The van der Waals surface area contributed by atoms with E-state index < -0.39 is 4.92 Å². The molecular weight excluding hydrogens is 170 g/mol. The predicted octanol–water partition coefficient (Wildman–Crippen LogP) is 1.20. The molecular formula is C8H9N3O2. The van der Waals surface area contributed by atoms with E-state index in [1.807, 2.05) is 0 Å². The lowest BCUT2D eigenvalue weighted by molar-refractivity contribution is -0.384. The Labute approximate surface area is 75.0 Å². The molecule has 0 fully saturated rings. The van der Waals surface area contributed by atoms with Gasteiger partial charge in [0.15, 0.2) is 0 Å². The zero-order valence-corrected chi connectivity index (χ0v) is 7.10. The van der Waals surface area contributed by atoms with E-state index in [4.69, 9.17) is 5.84 Å². The Morgan fingerprint density at radius 2 is 2.31 bits per heavy atom. The Balaban J connectivity index is 3.12. The van der Waals surface area contributed by atoms with Crippen LogP contribution in [-0.2, 0) is 0 Å². The standard InChI is InChI=1S/C8H9N3O2/c1-6-4-8(11(12)13)3-2-7(6)5-10-9/h2-5H,9H2,1H3/b10-5+. The van der Waals surface area contributed by atoms with Gasteiger partial charge in [-0.3, -0.25) is 10.1 Å². The van der Waals surface area contributed by atoms with Gasteiger partial charge in [0.2, 0.25) is 0 Å². The average Bonchev–Trinajstić information content (AvgIpc) is 2.08. The maximum Gasteiger partial charge on any atom is 0.269 e. The van der Waals surface area contributed by atoms with Crippen LogP contribution in [0.15, 0.2) is 23.3 Å². The number of nitrogens with two attached hydrogens (primary N) is 1. The number of hydrogen-bond donors (Lipinski definition) is 1. The van der Waals surface area contributed by atoms with Crippen LogP contribution in [0.2, 0.25) is 0 Å². The highest BCUT2D eigenvalue weighted by atomic mass is 16.6. The molecule has 0 saturated carbocycles. The third-order valence-electron chi connectivity index (χ3n) is 1.68. The zero-order chi connectivity index (χ0) is 9.84. The fourth-order valence-electron chi connectivity index (χ4n) is 0.999. The van der Waals surface area contributed by atoms with Crippen molar-refractivity contribution in [2.24, 2.45) is 10.9 Å². The number of non-ortho nitro benzene ring substituents is 1. The van der Waals surface area contributed by atoms with Gasteiger partial charge in [0, 0.05) is 12.1 Å². The Morgan fingerprint density at radius 1 is 1.62 bits per heavy atom. The van der Waals surface area contributed by atoms with Crippen LogP contribution in [-0.4, -0.2) is 11.1 Å². The van der Waals surface area contributed by atoms with Crippen molar-refractivity contribution in [3.05, 3.63) is 39.4 Å². The molecule has 1 aromatic carbocycles. The van der Waals surface area contributed by atoms with Crippen LogP contribution in [0.25, 0.3) is 0 Å². The number of benzene rings is 1. The summed E-state index contributed by atoms with van der Waals surface area (Å²) in [6.45, 7) is 1.77. The first-order valence-electron chi connectivity index (χ1n) is 3.63. The summed E-state index contributed by atoms with van der Waals surface area (Å²) in [4.78, 5) is 9.94. The Bertz CT molecular complexity index is 360. The van der Waals surface area contributed by atoms with Crippen molar-refractivity contribution in [1.29, 1.82) is 0 Å². The maximum atomic E-state index is 10.4. The molecule has 0 heterocycles. The van der Waals surface area contributed by atoms with E-state index in [-0.39, 0.29) is 5.69 Å². The summed E-state index contributed by atoms with van der Waals surface area (Å²) >= 11 is 0. The molecule has 0 unspecified atom stereocenters. The number of hydrazone groups is 1. The van der Waals surface area contributed by atoms with Gasteiger partial charge in [0.05, 0.1) is 11.1 Å². The second kappa shape index (κ2) is 3.66. The van der Waals surface area contributed by atoms with Gasteiger partial charge in [0.1, 0.15) is 0 Å². The van der Waals surface area contributed by atoms with Crippen molar-refractivity contribution in [3.63, 3.8) is 0 Å². The number of nitro groups is 1. The van der Waals surface area contributed by atoms with Gasteiger partial charge >= 0.3 is 0 Å². The van der Waals surface area contributed by atoms with Gasteiger partial charge in [-0.15, -0.1) is 0 Å². The first-order valence-corrected chi connectivity index (χ1v) is 3.63. The van der Waals surface area contributed by atoms with Gasteiger partial charge in [-0.25, -0.2) is 0 Å². The van der Waals surface area contributed by atoms with Crippen molar-refractivity contribution in [2.45, 2.75) is 6.92 Å². The van der Waals surface area contributed by atoms with Crippen molar-refractivity contribution in [2.75, 3.05) is 0 Å². The van der Waals surface area contributed by atoms with E-state index in [0.717, 1.165) is 11.1 Å². The summed E-state index contributed by atoms with van der Waals surface area (Å²) in [6, 6.07) is 4.52. The van der Waals surface area contributed by atoms with Crippen LogP contribution >= 0.6 is 0 Å². The third kappa shape index (κ3) is 2.02. The summed E-state index contributed by atoms with van der Waals surface area (Å²) in [6.07, 6.45) is 1.46. The number of nitrogens with zero attached hydrogens (tertiary/aromatic N) is 2. The number of hydrogen-bond acceptors (Lipinski definition) is 4. The molecule has 0 spiro atoms. The minimum absolute atomic E-state index is 0.0756. The van der Waals surface area contributed by atoms with Crippen molar-refractivity contribution in [3.8, 4) is 0 Å². The van der Waals surface area contributed by atoms with Crippen LogP contribution in [0.1, 0.15) is 11.1 Å². The second-order valence-corrected chi connectivity index (χ2v) is 2.58. The fraction of sp³-hybridized carbons (Fsp3) is 0.125. The average molecular weight is 179 g/mol. The monoisotopic (exact) mass is 179 g/mol. The molecule has 5 heteroatoms. The summed E-state index contributed by atoms with van der Waals surface area (Å²) in [5, 5.41) is 13.7. The van der Waals surface area contributed by atoms with Crippen LogP contribution < -0.4 is 5.84 Å². The van der Waals surface area contributed by atoms with Gasteiger partial charge < -0.3 is 5.84 Å². The highest BCUT2D eigenvalue weighted by Gasteiger charge is 2.06. The zero-order valence-electron chi connectivity index (χ0n) is 7.10. The van der Waals surface area contributed by atoms with Gasteiger partial charge in [-0.1, -0.05) is 0 Å². The molecule has 0 aromatic heterocycles. The molecule has 1 aromatic rings. The molecule has 0 aliphatic carbocycles. The topological polar surface area (TPSA) is 81.5 Å². The predicted molar refractivity (Wildman–Crippen MR) is 49.6 cm³/mol. The van der Waals surface area contributed by atoms with Crippen molar-refractivity contribution >= 4 is 11.9 Å². The molecule has 68 valence electrons. The number of nitro benzene ring substituents is 1. The highest BCUT2D eigenvalue weighted by Crippen LogP contribution is 2.15. The molecule has 0 atom stereocenters. The molecule has 0 saturated heterocycles. The summed E-state index contributed by atoms with van der Waals surface area (Å²) in [7, 11) is 0. The summed E-state index contributed by atoms with van der Waals surface area (Å²) in [5.41, 5.74) is 1.64. The van der Waals surface area contributed by atoms with Crippen LogP contribution in [0.3, 0.4) is 0 Å². The lowest BCUT2D eigenvalue weighted by Gasteiger charge is -1.98. The first kappa shape index (κ1) is 9.18. The highest BCUT2D eigenvalue weighted by molar-refractivity contribution is 5.81. The van der Waals surface area contributed by atoms with E-state index in [2.05, 4.69) is 5.10 Å². The van der Waals surface area contributed by atoms with Gasteiger partial charge in [-0.2, -0.15) is 5.10 Å². The largest absolute Gasteiger partial charge is 0.323 e. The lowest BCUT2D eigenvalue weighted by Crippen LogP contribution is -1.93. The number of rotatable bonds is 2. The third-order valence-corrected chi connectivity index (χ3v) is 1.68. The van der Waals surface area contributed by atoms with Crippen LogP contribution in [0.5, 0.6) is 0 Å². The van der Waals surface area contributed by atoms with Crippen molar-refractivity contribution < 1.29 is 4.92 Å². The summed E-state index contributed by atoms with van der Waals surface area (Å²) in [5.74, 6) is 4.96. The Hall–Kier alpha value is -1.91. The Kier molecular flexibility index (Phi) is 2.59. The van der Waals surface area contributed by atoms with E-state index in [1.165, 1.54) is 18.3 Å². The SMILES string of the molecule is Cc1cc([N+](=O)[O-])ccc1/C=N/N. The van der Waals surface area contributed by atoms with Gasteiger partial charge in [-0.05, 0) is 24.1 Å². The van der Waals surface area contributed by atoms with Crippen LogP contribution in [0.4, 0.5) is 5.69 Å². The molecule has 0 aliphatic heterocycles. The van der Waals surface area contributed by atoms with Gasteiger partial charge in [0.25, 0.3) is 5.69 Å². The normalized spacial score (nSPS) is 10.5. The van der Waals surface area contributed by atoms with E-state index in [0.29, 0.717) is 0 Å². The molecule has 2 N–H and O–H groups in total.